The summed E-state index contributed by atoms with van der Waals surface area (Å²) in [6.07, 6.45) is 6.11. The van der Waals surface area contributed by atoms with E-state index >= 15 is 0 Å². The molecule has 0 spiro atoms. The standard InChI is InChI=1S/C16H19F2N5O/c1-10-6-12(10)15(24)21-3-2-14-19-8-13(22(14)5-4-21)11-7-20-23(9-11)16(17)18/h7-10,12,16H,2-6H2,1H3/t10-,12-/m1/s1. The Morgan fingerprint density at radius 1 is 1.29 bits per heavy atom. The summed E-state index contributed by atoms with van der Waals surface area (Å²) in [6.45, 7) is 1.36. The fourth-order valence-electron chi connectivity index (χ4n) is 3.36. The van der Waals surface area contributed by atoms with Crippen molar-refractivity contribution >= 4 is 5.91 Å². The normalized spacial score (nSPS) is 23.2. The fourth-order valence-corrected chi connectivity index (χ4v) is 3.36. The van der Waals surface area contributed by atoms with Crippen LogP contribution in [-0.4, -0.2) is 43.2 Å². The highest BCUT2D eigenvalue weighted by Gasteiger charge is 2.41. The van der Waals surface area contributed by atoms with Gasteiger partial charge in [-0.3, -0.25) is 4.79 Å². The topological polar surface area (TPSA) is 56.0 Å². The van der Waals surface area contributed by atoms with E-state index in [1.165, 1.54) is 12.4 Å². The van der Waals surface area contributed by atoms with Gasteiger partial charge in [0.05, 0.1) is 18.1 Å². The highest BCUT2D eigenvalue weighted by Crippen LogP contribution is 2.39. The van der Waals surface area contributed by atoms with Crippen molar-refractivity contribution in [1.29, 1.82) is 0 Å². The van der Waals surface area contributed by atoms with Gasteiger partial charge in [0.15, 0.2) is 0 Å². The third-order valence-electron chi connectivity index (χ3n) is 4.97. The zero-order valence-electron chi connectivity index (χ0n) is 13.4. The smallest absolute Gasteiger partial charge is 0.333 e. The summed E-state index contributed by atoms with van der Waals surface area (Å²) in [5.41, 5.74) is 1.38. The zero-order chi connectivity index (χ0) is 16.8. The first-order chi connectivity index (χ1) is 11.5. The van der Waals surface area contributed by atoms with E-state index in [1.807, 2.05) is 9.47 Å². The number of halogens is 2. The van der Waals surface area contributed by atoms with E-state index in [-0.39, 0.29) is 11.8 Å². The predicted molar refractivity (Wildman–Crippen MR) is 82.3 cm³/mol. The average Bonchev–Trinajstić information content (AvgIpc) is 2.97. The average molecular weight is 335 g/mol. The predicted octanol–water partition coefficient (Wildman–Crippen LogP) is 2.18. The molecule has 0 aromatic carbocycles. The minimum Gasteiger partial charge on any atom is -0.340 e. The van der Waals surface area contributed by atoms with Crippen LogP contribution in [0.5, 0.6) is 0 Å². The Morgan fingerprint density at radius 3 is 2.75 bits per heavy atom. The lowest BCUT2D eigenvalue weighted by atomic mass is 10.2. The van der Waals surface area contributed by atoms with Crippen LogP contribution in [0.15, 0.2) is 18.6 Å². The van der Waals surface area contributed by atoms with E-state index in [9.17, 15) is 13.6 Å². The number of carbonyl (C=O) groups is 1. The van der Waals surface area contributed by atoms with Gasteiger partial charge in [-0.05, 0) is 12.3 Å². The number of aromatic nitrogens is 4. The molecule has 24 heavy (non-hydrogen) atoms. The van der Waals surface area contributed by atoms with Gasteiger partial charge in [0.1, 0.15) is 5.82 Å². The Morgan fingerprint density at radius 2 is 2.08 bits per heavy atom. The molecule has 0 radical (unpaired) electrons. The molecule has 0 saturated heterocycles. The van der Waals surface area contributed by atoms with Crippen LogP contribution in [0.25, 0.3) is 11.3 Å². The maximum Gasteiger partial charge on any atom is 0.333 e. The van der Waals surface area contributed by atoms with Crippen LogP contribution in [0.1, 0.15) is 25.7 Å². The van der Waals surface area contributed by atoms with Gasteiger partial charge in [-0.25, -0.2) is 9.67 Å². The number of hydrogen-bond donors (Lipinski definition) is 0. The molecular formula is C16H19F2N5O. The molecule has 2 aromatic heterocycles. The molecule has 2 aromatic rings. The summed E-state index contributed by atoms with van der Waals surface area (Å²) in [4.78, 5) is 18.8. The van der Waals surface area contributed by atoms with E-state index < -0.39 is 6.55 Å². The van der Waals surface area contributed by atoms with Crippen LogP contribution in [-0.2, 0) is 17.8 Å². The van der Waals surface area contributed by atoms with E-state index in [2.05, 4.69) is 17.0 Å². The maximum absolute atomic E-state index is 12.7. The van der Waals surface area contributed by atoms with Crippen LogP contribution in [0, 0.1) is 11.8 Å². The molecule has 1 aliphatic heterocycles. The Labute approximate surface area is 138 Å². The third kappa shape index (κ3) is 2.59. The fraction of sp³-hybridized carbons (Fsp3) is 0.562. The Balaban J connectivity index is 1.54. The van der Waals surface area contributed by atoms with Crippen LogP contribution in [0.2, 0.25) is 0 Å². The molecule has 0 unspecified atom stereocenters. The van der Waals surface area contributed by atoms with Crippen molar-refractivity contribution in [2.75, 3.05) is 13.1 Å². The second-order valence-corrected chi connectivity index (χ2v) is 6.59. The molecule has 8 heteroatoms. The monoisotopic (exact) mass is 335 g/mol. The molecule has 1 saturated carbocycles. The first kappa shape index (κ1) is 15.3. The number of alkyl halides is 2. The lowest BCUT2D eigenvalue weighted by Gasteiger charge is -2.20. The highest BCUT2D eigenvalue weighted by molar-refractivity contribution is 5.81. The molecule has 128 valence electrons. The molecule has 0 bridgehead atoms. The minimum absolute atomic E-state index is 0.180. The van der Waals surface area contributed by atoms with Gasteiger partial charge in [0, 0.05) is 43.7 Å². The van der Waals surface area contributed by atoms with Crippen LogP contribution < -0.4 is 0 Å². The molecule has 4 rings (SSSR count). The van der Waals surface area contributed by atoms with Gasteiger partial charge in [0.2, 0.25) is 5.91 Å². The van der Waals surface area contributed by atoms with Gasteiger partial charge in [0.25, 0.3) is 0 Å². The Kier molecular flexibility index (Phi) is 3.62. The molecule has 1 amide bonds. The minimum atomic E-state index is -2.65. The molecule has 2 atom stereocenters. The van der Waals surface area contributed by atoms with E-state index in [0.29, 0.717) is 42.2 Å². The molecule has 2 aliphatic rings. The number of nitrogens with zero attached hydrogens (tertiary/aromatic N) is 5. The van der Waals surface area contributed by atoms with Gasteiger partial charge in [-0.2, -0.15) is 13.9 Å². The number of fused-ring (bicyclic) bond motifs is 1. The van der Waals surface area contributed by atoms with Crippen molar-refractivity contribution in [3.63, 3.8) is 0 Å². The van der Waals surface area contributed by atoms with E-state index in [4.69, 9.17) is 0 Å². The van der Waals surface area contributed by atoms with Gasteiger partial charge < -0.3 is 9.47 Å². The van der Waals surface area contributed by atoms with E-state index in [0.717, 1.165) is 17.9 Å². The van der Waals surface area contributed by atoms with Crippen molar-refractivity contribution < 1.29 is 13.6 Å². The zero-order valence-corrected chi connectivity index (χ0v) is 13.4. The van der Waals surface area contributed by atoms with Crippen molar-refractivity contribution in [2.24, 2.45) is 11.8 Å². The SMILES string of the molecule is C[C@@H]1C[C@H]1C(=O)N1CCc2ncc(-c3cnn(C(F)F)c3)n2CC1. The van der Waals surface area contributed by atoms with Gasteiger partial charge in [-0.15, -0.1) is 0 Å². The number of amides is 1. The molecule has 0 N–H and O–H groups in total. The van der Waals surface area contributed by atoms with Crippen molar-refractivity contribution in [3.05, 3.63) is 24.4 Å². The van der Waals surface area contributed by atoms with Crippen molar-refractivity contribution in [3.8, 4) is 11.3 Å². The van der Waals surface area contributed by atoms with Crippen LogP contribution in [0.4, 0.5) is 8.78 Å². The molecule has 1 fully saturated rings. The number of carbonyl (C=O) groups excluding carboxylic acids is 1. The summed E-state index contributed by atoms with van der Waals surface area (Å²) >= 11 is 0. The quantitative estimate of drug-likeness (QED) is 0.864. The summed E-state index contributed by atoms with van der Waals surface area (Å²) < 4.78 is 28.1. The lowest BCUT2D eigenvalue weighted by Crippen LogP contribution is -2.35. The summed E-state index contributed by atoms with van der Waals surface area (Å²) in [7, 11) is 0. The molecular weight excluding hydrogens is 316 g/mol. The Bertz CT molecular complexity index is 768. The first-order valence-electron chi connectivity index (χ1n) is 8.20. The lowest BCUT2D eigenvalue weighted by molar-refractivity contribution is -0.132. The van der Waals surface area contributed by atoms with Crippen molar-refractivity contribution in [2.45, 2.75) is 32.9 Å². The number of imidazole rings is 1. The maximum atomic E-state index is 12.7. The second-order valence-electron chi connectivity index (χ2n) is 6.59. The first-order valence-corrected chi connectivity index (χ1v) is 8.20. The summed E-state index contributed by atoms with van der Waals surface area (Å²) in [6, 6.07) is 0. The van der Waals surface area contributed by atoms with E-state index in [1.54, 1.807) is 6.20 Å². The van der Waals surface area contributed by atoms with Crippen molar-refractivity contribution in [1.82, 2.24) is 24.2 Å². The molecule has 3 heterocycles. The largest absolute Gasteiger partial charge is 0.340 e. The molecule has 6 nitrogen and oxygen atoms in total. The van der Waals surface area contributed by atoms with Gasteiger partial charge in [-0.1, -0.05) is 6.92 Å². The Hall–Kier alpha value is -2.25. The summed E-state index contributed by atoms with van der Waals surface area (Å²) in [5.74, 6) is 1.79. The number of rotatable bonds is 3. The number of hydrogen-bond acceptors (Lipinski definition) is 3. The second kappa shape index (κ2) is 5.68. The van der Waals surface area contributed by atoms with Crippen LogP contribution in [0.3, 0.4) is 0 Å². The summed E-state index contributed by atoms with van der Waals surface area (Å²) in [5, 5.41) is 3.69. The highest BCUT2D eigenvalue weighted by atomic mass is 19.3. The molecule has 1 aliphatic carbocycles. The van der Waals surface area contributed by atoms with Gasteiger partial charge >= 0.3 is 6.55 Å². The third-order valence-corrected chi connectivity index (χ3v) is 4.97. The van der Waals surface area contributed by atoms with Crippen LogP contribution >= 0.6 is 0 Å².